The fraction of sp³-hybridized carbons (Fsp3) is 0.167. The third-order valence-electron chi connectivity index (χ3n) is 5.11. The Morgan fingerprint density at radius 1 is 1.07 bits per heavy atom. The van der Waals surface area contributed by atoms with E-state index in [0.717, 1.165) is 11.3 Å². The number of nitriles is 1. The first-order valence-electron chi connectivity index (χ1n) is 9.68. The molecule has 1 aliphatic heterocycles. The van der Waals surface area contributed by atoms with E-state index in [9.17, 15) is 10.1 Å². The van der Waals surface area contributed by atoms with Gasteiger partial charge in [-0.25, -0.2) is 0 Å². The molecule has 1 N–H and O–H groups in total. The van der Waals surface area contributed by atoms with Crippen LogP contribution in [0.3, 0.4) is 0 Å². The lowest BCUT2D eigenvalue weighted by atomic mass is 10.0. The molecule has 1 unspecified atom stereocenters. The highest BCUT2D eigenvalue weighted by Crippen LogP contribution is 2.37. The molecule has 1 aromatic heterocycles. The molecule has 1 amide bonds. The number of hydrogen-bond acceptors (Lipinski definition) is 5. The van der Waals surface area contributed by atoms with Crippen LogP contribution in [0.5, 0.6) is 0 Å². The summed E-state index contributed by atoms with van der Waals surface area (Å²) >= 11 is 4.54. The van der Waals surface area contributed by atoms with Crippen LogP contribution in [0.2, 0.25) is 0 Å². The predicted molar refractivity (Wildman–Crippen MR) is 120 cm³/mol. The molecule has 4 rings (SSSR count). The van der Waals surface area contributed by atoms with Crippen LogP contribution >= 0.6 is 12.6 Å². The second-order valence-corrected chi connectivity index (χ2v) is 7.79. The number of thiol groups is 1. The number of nitrogens with one attached hydrogen (secondary N) is 1. The zero-order valence-electron chi connectivity index (χ0n) is 16.7. The van der Waals surface area contributed by atoms with Crippen molar-refractivity contribution in [2.24, 2.45) is 0 Å². The first-order valence-corrected chi connectivity index (χ1v) is 10.1. The van der Waals surface area contributed by atoms with E-state index < -0.39 is 12.1 Å². The van der Waals surface area contributed by atoms with Gasteiger partial charge < -0.3 is 14.6 Å². The molecule has 0 fully saturated rings. The van der Waals surface area contributed by atoms with Crippen LogP contribution in [0, 0.1) is 11.3 Å². The fourth-order valence-corrected chi connectivity index (χ4v) is 3.84. The molecule has 0 radical (unpaired) electrons. The summed E-state index contributed by atoms with van der Waals surface area (Å²) in [5.74, 6) is 1.18. The zero-order chi connectivity index (χ0) is 21.3. The predicted octanol–water partition coefficient (Wildman–Crippen LogP) is 5.37. The van der Waals surface area contributed by atoms with Gasteiger partial charge in [-0.1, -0.05) is 56.3 Å². The van der Waals surface area contributed by atoms with Gasteiger partial charge in [-0.15, -0.1) is 12.6 Å². The van der Waals surface area contributed by atoms with Crippen molar-refractivity contribution >= 4 is 24.2 Å². The summed E-state index contributed by atoms with van der Waals surface area (Å²) in [5, 5.41) is 12.6. The van der Waals surface area contributed by atoms with Gasteiger partial charge in [0.25, 0.3) is 5.91 Å². The molecular weight excluding hydrogens is 394 g/mol. The highest BCUT2D eigenvalue weighted by atomic mass is 32.1. The van der Waals surface area contributed by atoms with E-state index in [2.05, 4.69) is 31.8 Å². The highest BCUT2D eigenvalue weighted by Gasteiger charge is 2.35. The monoisotopic (exact) mass is 415 g/mol. The van der Waals surface area contributed by atoms with Crippen molar-refractivity contribution in [1.82, 2.24) is 5.32 Å². The minimum absolute atomic E-state index is 0.0302. The Morgan fingerprint density at radius 3 is 2.40 bits per heavy atom. The molecule has 2 heterocycles. The van der Waals surface area contributed by atoms with Gasteiger partial charge in [-0.05, 0) is 35.7 Å². The summed E-state index contributed by atoms with van der Waals surface area (Å²) in [5.41, 5.74) is 2.92. The minimum atomic E-state index is -0.621. The number of furan rings is 1. The van der Waals surface area contributed by atoms with Crippen molar-refractivity contribution < 1.29 is 9.21 Å². The molecule has 2 aromatic carbocycles. The Morgan fingerprint density at radius 2 is 1.77 bits per heavy atom. The van der Waals surface area contributed by atoms with E-state index in [0.29, 0.717) is 22.5 Å². The van der Waals surface area contributed by atoms with Gasteiger partial charge in [0.15, 0.2) is 6.17 Å². The van der Waals surface area contributed by atoms with E-state index in [1.807, 2.05) is 72.8 Å². The number of carbonyl (C=O) groups is 1. The first kappa shape index (κ1) is 19.9. The molecule has 0 aliphatic carbocycles. The van der Waals surface area contributed by atoms with E-state index in [4.69, 9.17) is 4.42 Å². The number of rotatable bonds is 4. The third kappa shape index (κ3) is 3.60. The molecule has 150 valence electrons. The van der Waals surface area contributed by atoms with Crippen LogP contribution in [0.1, 0.15) is 37.3 Å². The van der Waals surface area contributed by atoms with Crippen molar-refractivity contribution in [1.29, 1.82) is 5.26 Å². The summed E-state index contributed by atoms with van der Waals surface area (Å²) in [6, 6.07) is 23.4. The number of benzene rings is 2. The number of nitrogens with zero attached hydrogens (tertiary/aromatic N) is 2. The van der Waals surface area contributed by atoms with Crippen molar-refractivity contribution in [3.8, 4) is 17.4 Å². The number of anilines is 1. The third-order valence-corrected chi connectivity index (χ3v) is 5.55. The highest BCUT2D eigenvalue weighted by molar-refractivity contribution is 7.84. The summed E-state index contributed by atoms with van der Waals surface area (Å²) < 4.78 is 6.09. The molecule has 6 heteroatoms. The van der Waals surface area contributed by atoms with Gasteiger partial charge >= 0.3 is 0 Å². The van der Waals surface area contributed by atoms with Crippen LogP contribution in [0.25, 0.3) is 11.3 Å². The average molecular weight is 416 g/mol. The minimum Gasteiger partial charge on any atom is -0.457 e. The van der Waals surface area contributed by atoms with Crippen LogP contribution in [0.15, 0.2) is 81.7 Å². The number of carbonyl (C=O) groups excluding carboxylic acids is 1. The molecule has 5 nitrogen and oxygen atoms in total. The summed E-state index contributed by atoms with van der Waals surface area (Å²) in [4.78, 5) is 14.3. The van der Waals surface area contributed by atoms with Gasteiger partial charge in [0.2, 0.25) is 0 Å². The van der Waals surface area contributed by atoms with E-state index in [-0.39, 0.29) is 5.57 Å². The Balaban J connectivity index is 1.77. The van der Waals surface area contributed by atoms with Gasteiger partial charge in [0, 0.05) is 11.3 Å². The summed E-state index contributed by atoms with van der Waals surface area (Å²) in [6.45, 7) is 4.26. The lowest BCUT2D eigenvalue weighted by Gasteiger charge is -2.36. The Kier molecular flexibility index (Phi) is 5.39. The number of hydrogen-bond donors (Lipinski definition) is 2. The van der Waals surface area contributed by atoms with E-state index in [1.165, 1.54) is 5.56 Å². The molecule has 0 bridgehead atoms. The van der Waals surface area contributed by atoms with Crippen LogP contribution < -0.4 is 10.2 Å². The second-order valence-electron chi connectivity index (χ2n) is 7.37. The van der Waals surface area contributed by atoms with Crippen molar-refractivity contribution in [3.63, 3.8) is 0 Å². The standard InChI is InChI=1S/C24H21N3O2S/c1-15(2)16-8-10-18(11-9-16)27-22(26-23(28)19(14-25)24(27)30)21-13-12-20(29-21)17-6-4-3-5-7-17/h3-13,15,22,30H,1-2H3,(H,26,28). The quantitative estimate of drug-likeness (QED) is 0.562. The zero-order valence-corrected chi connectivity index (χ0v) is 17.6. The van der Waals surface area contributed by atoms with Crippen molar-refractivity contribution in [3.05, 3.63) is 88.7 Å². The van der Waals surface area contributed by atoms with Crippen molar-refractivity contribution in [2.45, 2.75) is 25.9 Å². The Bertz CT molecular complexity index is 1140. The van der Waals surface area contributed by atoms with Crippen LogP contribution in [-0.4, -0.2) is 5.91 Å². The molecule has 0 spiro atoms. The Hall–Kier alpha value is -3.43. The van der Waals surface area contributed by atoms with Crippen LogP contribution in [0.4, 0.5) is 5.69 Å². The fourth-order valence-electron chi connectivity index (χ4n) is 3.45. The lowest BCUT2D eigenvalue weighted by molar-refractivity contribution is -0.118. The maximum absolute atomic E-state index is 12.5. The number of amides is 1. The maximum Gasteiger partial charge on any atom is 0.266 e. The molecule has 1 aliphatic rings. The molecule has 30 heavy (non-hydrogen) atoms. The largest absolute Gasteiger partial charge is 0.457 e. The first-order chi connectivity index (χ1) is 14.5. The molecule has 0 saturated carbocycles. The van der Waals surface area contributed by atoms with Gasteiger partial charge in [0.05, 0.1) is 5.03 Å². The molecule has 1 atom stereocenters. The van der Waals surface area contributed by atoms with E-state index >= 15 is 0 Å². The van der Waals surface area contributed by atoms with E-state index in [1.54, 1.807) is 4.90 Å². The van der Waals surface area contributed by atoms with Gasteiger partial charge in [-0.3, -0.25) is 4.79 Å². The van der Waals surface area contributed by atoms with Crippen molar-refractivity contribution in [2.75, 3.05) is 4.90 Å². The van der Waals surface area contributed by atoms with Gasteiger partial charge in [0.1, 0.15) is 23.2 Å². The summed E-state index contributed by atoms with van der Waals surface area (Å²) in [6.07, 6.45) is -0.621. The van der Waals surface area contributed by atoms with Gasteiger partial charge in [-0.2, -0.15) is 5.26 Å². The van der Waals surface area contributed by atoms with Crippen LogP contribution in [-0.2, 0) is 4.79 Å². The average Bonchev–Trinajstić information content (AvgIpc) is 3.24. The maximum atomic E-state index is 12.5. The lowest BCUT2D eigenvalue weighted by Crippen LogP contribution is -2.45. The molecular formula is C24H21N3O2S. The normalized spacial score (nSPS) is 16.6. The topological polar surface area (TPSA) is 69.3 Å². The Labute approximate surface area is 181 Å². The molecule has 3 aromatic rings. The molecule has 0 saturated heterocycles. The summed E-state index contributed by atoms with van der Waals surface area (Å²) in [7, 11) is 0. The smallest absolute Gasteiger partial charge is 0.266 e. The second kappa shape index (κ2) is 8.13. The SMILES string of the molecule is CC(C)c1ccc(N2C(S)=C(C#N)C(=O)NC2c2ccc(-c3ccccc3)o2)cc1.